The molecule has 0 N–H and O–H groups in total. The van der Waals surface area contributed by atoms with Crippen molar-refractivity contribution in [3.8, 4) is 33.4 Å². The van der Waals surface area contributed by atoms with Crippen molar-refractivity contribution in [2.75, 3.05) is 0 Å². The van der Waals surface area contributed by atoms with Gasteiger partial charge in [-0.15, -0.1) is 74.6 Å². The van der Waals surface area contributed by atoms with Gasteiger partial charge >= 0.3 is 26.2 Å². The van der Waals surface area contributed by atoms with Crippen LogP contribution in [-0.2, 0) is 51.9 Å². The van der Waals surface area contributed by atoms with Crippen molar-refractivity contribution in [2.45, 2.75) is 105 Å². The molecule has 0 saturated carbocycles. The summed E-state index contributed by atoms with van der Waals surface area (Å²) in [6, 6.07) is 59.1. The summed E-state index contributed by atoms with van der Waals surface area (Å²) in [6.45, 7) is 9.05. The minimum absolute atomic E-state index is 0. The van der Waals surface area contributed by atoms with E-state index in [1.807, 2.05) is 6.07 Å². The maximum absolute atomic E-state index is 3.31. The average Bonchev–Trinajstić information content (AvgIpc) is 4.02. The fraction of sp³-hybridized carbons (Fsp3) is 0.276. The standard InChI is InChI=1S/2C23H27.C12H7Si.Zr/c2*1-3-5-10-18-16-20-13-9-15-22(23(20)17-18)21-14-8-7-12-19(21)11-6-4-2;1-3-7-11-9(5-1)10-6-2-4-8-12(10)13-11;/h2*7-9,12-17H,3-6,10-11H2,1-2H3;1-7H;/q3*-1;+3. The molecule has 301 valence electrons. The number of benzene rings is 6. The molecule has 1 heterocycles. The molecule has 0 nitrogen and oxygen atoms in total. The van der Waals surface area contributed by atoms with Crippen molar-refractivity contribution < 1.29 is 26.2 Å². The SMILES string of the molecule is CCCCc1cc2c(-c3ccccc3CCCC)cccc2[cH-]1.CCCCc1cc2c(-c3ccccc3CCCC)cccc2[cH-]1.[Zr+3].[c-]1cccc2c1[Si]c1ccccc1-2. The topological polar surface area (TPSA) is 0 Å². The Hall–Kier alpha value is -4.36. The Morgan fingerprint density at radius 3 is 1.38 bits per heavy atom. The summed E-state index contributed by atoms with van der Waals surface area (Å²) < 4.78 is 0. The average molecular weight is 877 g/mol. The van der Waals surface area contributed by atoms with Crippen LogP contribution < -0.4 is 10.4 Å². The third kappa shape index (κ3) is 11.1. The molecule has 8 aromatic rings. The molecule has 60 heavy (non-hydrogen) atoms. The maximum Gasteiger partial charge on any atom is 3.00 e. The largest absolute Gasteiger partial charge is 3.00 e. The molecule has 0 unspecified atom stereocenters. The molecule has 0 fully saturated rings. The van der Waals surface area contributed by atoms with E-state index in [1.165, 1.54) is 165 Å². The van der Waals surface area contributed by atoms with Crippen molar-refractivity contribution in [3.63, 3.8) is 0 Å². The van der Waals surface area contributed by atoms with Crippen LogP contribution in [0.3, 0.4) is 0 Å². The predicted octanol–water partition coefficient (Wildman–Crippen LogP) is 14.9. The molecule has 0 spiro atoms. The van der Waals surface area contributed by atoms with Crippen molar-refractivity contribution in [1.82, 2.24) is 0 Å². The Morgan fingerprint density at radius 2 is 0.867 bits per heavy atom. The van der Waals surface area contributed by atoms with Crippen molar-refractivity contribution in [1.29, 1.82) is 0 Å². The molecule has 9 rings (SSSR count). The van der Waals surface area contributed by atoms with Gasteiger partial charge in [0.15, 0.2) is 0 Å². The Labute approximate surface area is 383 Å². The van der Waals surface area contributed by atoms with Gasteiger partial charge in [-0.2, -0.15) is 41.6 Å². The molecule has 1 aliphatic rings. The zero-order chi connectivity index (χ0) is 40.8. The molecular formula is C58H61SiZr. The van der Waals surface area contributed by atoms with E-state index in [0.29, 0.717) is 0 Å². The van der Waals surface area contributed by atoms with Gasteiger partial charge in [0.05, 0.1) is 9.52 Å². The summed E-state index contributed by atoms with van der Waals surface area (Å²) in [5.74, 6) is 0. The second-order valence-corrected chi connectivity index (χ2v) is 17.5. The minimum Gasteiger partial charge on any atom is -0.184 e. The van der Waals surface area contributed by atoms with Crippen LogP contribution in [0.25, 0.3) is 54.9 Å². The molecule has 0 aliphatic carbocycles. The first-order valence-electron chi connectivity index (χ1n) is 22.5. The van der Waals surface area contributed by atoms with Gasteiger partial charge in [0, 0.05) is 0 Å². The first kappa shape index (κ1) is 45.2. The molecule has 0 atom stereocenters. The quantitative estimate of drug-likeness (QED) is 0.0754. The van der Waals surface area contributed by atoms with Crippen LogP contribution in [0, 0.1) is 6.07 Å². The van der Waals surface area contributed by atoms with Gasteiger partial charge < -0.3 is 0 Å². The van der Waals surface area contributed by atoms with Gasteiger partial charge in [-0.05, 0) is 60.8 Å². The number of hydrogen-bond acceptors (Lipinski definition) is 0. The zero-order valence-electron chi connectivity index (χ0n) is 36.4. The van der Waals surface area contributed by atoms with E-state index in [4.69, 9.17) is 0 Å². The monoisotopic (exact) mass is 875 g/mol. The van der Waals surface area contributed by atoms with Gasteiger partial charge in [0.25, 0.3) is 0 Å². The normalized spacial score (nSPS) is 11.3. The summed E-state index contributed by atoms with van der Waals surface area (Å²) in [4.78, 5) is 0. The summed E-state index contributed by atoms with van der Waals surface area (Å²) in [5.41, 5.74) is 14.3. The summed E-state index contributed by atoms with van der Waals surface area (Å²) in [7, 11) is 0.795. The van der Waals surface area contributed by atoms with Crippen LogP contribution in [0.1, 0.15) is 101 Å². The molecule has 3 radical (unpaired) electrons. The number of unbranched alkanes of at least 4 members (excludes halogenated alkanes) is 4. The summed E-state index contributed by atoms with van der Waals surface area (Å²) in [6.07, 6.45) is 14.8. The number of rotatable bonds is 14. The fourth-order valence-electron chi connectivity index (χ4n) is 8.58. The Bertz CT molecular complexity index is 2370. The first-order valence-corrected chi connectivity index (χ1v) is 23.5. The maximum atomic E-state index is 3.31. The molecule has 0 aromatic heterocycles. The van der Waals surface area contributed by atoms with Crippen LogP contribution in [0.15, 0.2) is 152 Å². The van der Waals surface area contributed by atoms with E-state index in [9.17, 15) is 0 Å². The second-order valence-electron chi connectivity index (χ2n) is 16.2. The van der Waals surface area contributed by atoms with Gasteiger partial charge in [-0.3, -0.25) is 0 Å². The fourth-order valence-corrected chi connectivity index (χ4v) is 9.89. The van der Waals surface area contributed by atoms with Crippen LogP contribution in [0.2, 0.25) is 0 Å². The van der Waals surface area contributed by atoms with Crippen molar-refractivity contribution >= 4 is 41.4 Å². The summed E-state index contributed by atoms with van der Waals surface area (Å²) in [5, 5.41) is 8.44. The van der Waals surface area contributed by atoms with Crippen molar-refractivity contribution in [2.24, 2.45) is 0 Å². The van der Waals surface area contributed by atoms with Crippen molar-refractivity contribution in [3.05, 3.63) is 180 Å². The molecule has 8 aromatic carbocycles. The Balaban J connectivity index is 0.000000155. The number of hydrogen-bond donors (Lipinski definition) is 0. The third-order valence-electron chi connectivity index (χ3n) is 11.8. The van der Waals surface area contributed by atoms with E-state index in [-0.39, 0.29) is 26.2 Å². The third-order valence-corrected chi connectivity index (χ3v) is 13.2. The molecule has 0 amide bonds. The van der Waals surface area contributed by atoms with Gasteiger partial charge in [0.1, 0.15) is 0 Å². The minimum atomic E-state index is 0. The molecule has 1 aliphatic heterocycles. The zero-order valence-corrected chi connectivity index (χ0v) is 39.9. The van der Waals surface area contributed by atoms with Crippen LogP contribution in [-0.4, -0.2) is 9.52 Å². The number of fused-ring (bicyclic) bond motifs is 5. The smallest absolute Gasteiger partial charge is 0.184 e. The predicted molar refractivity (Wildman–Crippen MR) is 260 cm³/mol. The van der Waals surface area contributed by atoms with E-state index in [1.54, 1.807) is 0 Å². The molecule has 0 saturated heterocycles. The van der Waals surface area contributed by atoms with Gasteiger partial charge in [0.2, 0.25) is 0 Å². The Kier molecular flexibility index (Phi) is 17.3. The van der Waals surface area contributed by atoms with E-state index >= 15 is 0 Å². The van der Waals surface area contributed by atoms with Gasteiger partial charge in [-0.25, -0.2) is 0 Å². The second kappa shape index (κ2) is 23.0. The number of aryl methyl sites for hydroxylation is 4. The van der Waals surface area contributed by atoms with E-state index in [0.717, 1.165) is 9.52 Å². The Morgan fingerprint density at radius 1 is 0.433 bits per heavy atom. The van der Waals surface area contributed by atoms with E-state index < -0.39 is 0 Å². The molecule has 2 heteroatoms. The van der Waals surface area contributed by atoms with Crippen LogP contribution in [0.4, 0.5) is 0 Å². The van der Waals surface area contributed by atoms with E-state index in [2.05, 4.69) is 179 Å². The summed E-state index contributed by atoms with van der Waals surface area (Å²) >= 11 is 0. The molecule has 0 bridgehead atoms. The first-order chi connectivity index (χ1) is 29.1. The van der Waals surface area contributed by atoms with Crippen LogP contribution in [0.5, 0.6) is 0 Å². The van der Waals surface area contributed by atoms with Crippen LogP contribution >= 0.6 is 0 Å². The molecular weight excluding hydrogens is 816 g/mol. The van der Waals surface area contributed by atoms with Gasteiger partial charge in [-0.1, -0.05) is 173 Å².